The Kier molecular flexibility index (Phi) is 4.49. The summed E-state index contributed by atoms with van der Waals surface area (Å²) in [6.07, 6.45) is 0.859. The molecule has 5 rings (SSSR count). The molecule has 0 aliphatic heterocycles. The Morgan fingerprint density at radius 3 is 2.50 bits per heavy atom. The molecule has 1 aliphatic carbocycles. The first-order valence-electron chi connectivity index (χ1n) is 10.3. The van der Waals surface area contributed by atoms with Crippen LogP contribution in [0.15, 0.2) is 54.6 Å². The maximum absolute atomic E-state index is 15.7. The molecular formula is C24H22FN5O2. The highest BCUT2D eigenvalue weighted by Gasteiger charge is 2.42. The molecule has 2 aromatic carbocycles. The normalized spacial score (nSPS) is 20.3. The number of amides is 1. The lowest BCUT2D eigenvalue weighted by Crippen LogP contribution is -2.42. The van der Waals surface area contributed by atoms with Crippen molar-refractivity contribution in [1.29, 1.82) is 0 Å². The number of nitrogens with two attached hydrogens (primary N) is 2. The van der Waals surface area contributed by atoms with Crippen LogP contribution in [0.5, 0.6) is 0 Å². The molecule has 1 amide bonds. The molecule has 162 valence electrons. The second-order valence-corrected chi connectivity index (χ2v) is 8.54. The second kappa shape index (κ2) is 7.13. The van der Waals surface area contributed by atoms with Crippen molar-refractivity contribution in [2.24, 2.45) is 5.73 Å². The number of rotatable bonds is 4. The molecule has 4 aromatic rings. The van der Waals surface area contributed by atoms with Crippen LogP contribution in [0.25, 0.3) is 33.4 Å². The largest absolute Gasteiger partial charge is 0.390 e. The molecule has 32 heavy (non-hydrogen) atoms. The first-order chi connectivity index (χ1) is 15.2. The van der Waals surface area contributed by atoms with Crippen LogP contribution in [0, 0.1) is 5.82 Å². The van der Waals surface area contributed by atoms with E-state index in [0.717, 1.165) is 5.56 Å². The van der Waals surface area contributed by atoms with Crippen molar-refractivity contribution >= 4 is 22.6 Å². The van der Waals surface area contributed by atoms with Gasteiger partial charge >= 0.3 is 0 Å². The summed E-state index contributed by atoms with van der Waals surface area (Å²) in [5.41, 5.74) is 12.7. The predicted octanol–water partition coefficient (Wildman–Crippen LogP) is 3.67. The van der Waals surface area contributed by atoms with Gasteiger partial charge in [-0.25, -0.2) is 14.1 Å². The number of pyridine rings is 1. The Bertz CT molecular complexity index is 1360. The van der Waals surface area contributed by atoms with E-state index in [0.29, 0.717) is 23.9 Å². The highest BCUT2D eigenvalue weighted by molar-refractivity contribution is 6.04. The summed E-state index contributed by atoms with van der Waals surface area (Å²) in [4.78, 5) is 16.7. The minimum atomic E-state index is -0.817. The fraction of sp³-hybridized carbons (Fsp3) is 0.208. The molecule has 0 atom stereocenters. The number of aromatic nitrogens is 3. The van der Waals surface area contributed by atoms with E-state index in [2.05, 4.69) is 10.1 Å². The summed E-state index contributed by atoms with van der Waals surface area (Å²) in [7, 11) is 0. The quantitative estimate of drug-likeness (QED) is 0.455. The van der Waals surface area contributed by atoms with E-state index in [4.69, 9.17) is 11.5 Å². The smallest absolute Gasteiger partial charge is 0.254 e. The number of fused-ring (bicyclic) bond motifs is 1. The molecule has 2 heterocycles. The zero-order valence-electron chi connectivity index (χ0n) is 17.4. The topological polar surface area (TPSA) is 120 Å². The molecule has 0 saturated heterocycles. The van der Waals surface area contributed by atoms with E-state index in [1.807, 2.05) is 36.4 Å². The number of nitrogens with zero attached hydrogens (tertiary/aromatic N) is 3. The monoisotopic (exact) mass is 431 g/mol. The average Bonchev–Trinajstić information content (AvgIpc) is 3.09. The third-order valence-corrected chi connectivity index (χ3v) is 6.02. The maximum Gasteiger partial charge on any atom is 0.254 e. The van der Waals surface area contributed by atoms with Gasteiger partial charge < -0.3 is 16.6 Å². The number of anilines is 1. The maximum atomic E-state index is 15.7. The predicted molar refractivity (Wildman–Crippen MR) is 120 cm³/mol. The standard InChI is InChI=1S/C24H22FN5O2/c1-24(32)11-15(12-24)30-22(26)18(23(27)31)21(29-30)16-9-7-14-8-10-17(28-20(14)19(16)25)13-5-3-2-4-6-13/h2-10,15,32H,11-12,26H2,1H3,(H2,27,31)/t15-,24+. The van der Waals surface area contributed by atoms with Crippen molar-refractivity contribution in [2.75, 3.05) is 5.73 Å². The van der Waals surface area contributed by atoms with Crippen LogP contribution in [0.2, 0.25) is 0 Å². The van der Waals surface area contributed by atoms with Crippen LogP contribution in [-0.4, -0.2) is 31.4 Å². The third kappa shape index (κ3) is 3.20. The van der Waals surface area contributed by atoms with Gasteiger partial charge in [0.25, 0.3) is 5.91 Å². The van der Waals surface area contributed by atoms with E-state index >= 15 is 4.39 Å². The Balaban J connectivity index is 1.66. The molecule has 0 radical (unpaired) electrons. The number of nitrogen functional groups attached to an aromatic ring is 1. The van der Waals surface area contributed by atoms with Gasteiger partial charge in [-0.1, -0.05) is 42.5 Å². The van der Waals surface area contributed by atoms with Crippen molar-refractivity contribution in [3.63, 3.8) is 0 Å². The first-order valence-corrected chi connectivity index (χ1v) is 10.3. The highest BCUT2D eigenvalue weighted by atomic mass is 19.1. The Hall–Kier alpha value is -3.78. The Morgan fingerprint density at radius 2 is 1.84 bits per heavy atom. The molecule has 0 unspecified atom stereocenters. The minimum absolute atomic E-state index is 0.0333. The number of carbonyl (C=O) groups excluding carboxylic acids is 1. The van der Waals surface area contributed by atoms with Gasteiger partial charge in [-0.2, -0.15) is 5.10 Å². The Labute approximate surface area is 183 Å². The molecule has 0 spiro atoms. The number of aliphatic hydroxyl groups is 1. The van der Waals surface area contributed by atoms with Gasteiger partial charge in [0.05, 0.1) is 17.3 Å². The zero-order valence-corrected chi connectivity index (χ0v) is 17.4. The van der Waals surface area contributed by atoms with Gasteiger partial charge in [-0.05, 0) is 31.9 Å². The van der Waals surface area contributed by atoms with Crippen LogP contribution in [0.4, 0.5) is 10.2 Å². The molecular weight excluding hydrogens is 409 g/mol. The van der Waals surface area contributed by atoms with Crippen molar-refractivity contribution in [3.8, 4) is 22.5 Å². The van der Waals surface area contributed by atoms with E-state index in [9.17, 15) is 9.90 Å². The molecule has 1 saturated carbocycles. The molecule has 7 nitrogen and oxygen atoms in total. The van der Waals surface area contributed by atoms with Gasteiger partial charge in [0.15, 0.2) is 5.82 Å². The Morgan fingerprint density at radius 1 is 1.16 bits per heavy atom. The summed E-state index contributed by atoms with van der Waals surface area (Å²) in [5.74, 6) is -1.33. The third-order valence-electron chi connectivity index (χ3n) is 6.02. The summed E-state index contributed by atoms with van der Waals surface area (Å²) < 4.78 is 17.2. The van der Waals surface area contributed by atoms with Crippen molar-refractivity contribution in [3.05, 3.63) is 66.0 Å². The van der Waals surface area contributed by atoms with E-state index in [1.165, 1.54) is 4.68 Å². The lowest BCUT2D eigenvalue weighted by atomic mass is 9.77. The molecule has 0 bridgehead atoms. The van der Waals surface area contributed by atoms with Crippen molar-refractivity contribution < 1.29 is 14.3 Å². The van der Waals surface area contributed by atoms with Gasteiger partial charge in [-0.3, -0.25) is 4.79 Å². The molecule has 8 heteroatoms. The van der Waals surface area contributed by atoms with Crippen LogP contribution in [-0.2, 0) is 0 Å². The summed E-state index contributed by atoms with van der Waals surface area (Å²) in [5, 5.41) is 15.1. The van der Waals surface area contributed by atoms with Gasteiger partial charge in [0.2, 0.25) is 0 Å². The van der Waals surface area contributed by atoms with Crippen LogP contribution >= 0.6 is 0 Å². The molecule has 2 aromatic heterocycles. The second-order valence-electron chi connectivity index (χ2n) is 8.54. The van der Waals surface area contributed by atoms with Gasteiger partial charge in [0, 0.05) is 16.5 Å². The first kappa shape index (κ1) is 20.1. The van der Waals surface area contributed by atoms with Crippen LogP contribution in [0.1, 0.15) is 36.2 Å². The number of hydrogen-bond donors (Lipinski definition) is 3. The van der Waals surface area contributed by atoms with Crippen molar-refractivity contribution in [2.45, 2.75) is 31.4 Å². The summed E-state index contributed by atoms with van der Waals surface area (Å²) >= 11 is 0. The number of carbonyl (C=O) groups is 1. The summed E-state index contributed by atoms with van der Waals surface area (Å²) in [6, 6.07) is 16.2. The molecule has 1 aliphatic rings. The number of primary amides is 1. The fourth-order valence-corrected chi connectivity index (χ4v) is 4.39. The zero-order chi connectivity index (χ0) is 22.6. The molecule has 5 N–H and O–H groups in total. The van der Waals surface area contributed by atoms with E-state index in [-0.39, 0.29) is 34.2 Å². The van der Waals surface area contributed by atoms with Gasteiger partial charge in [-0.15, -0.1) is 0 Å². The number of halogens is 1. The van der Waals surface area contributed by atoms with Crippen LogP contribution < -0.4 is 11.5 Å². The molecule has 1 fully saturated rings. The minimum Gasteiger partial charge on any atom is -0.390 e. The van der Waals surface area contributed by atoms with Gasteiger partial charge in [0.1, 0.15) is 22.6 Å². The SMILES string of the molecule is C[C@]1(O)C[C@@H](n2nc(-c3ccc4ccc(-c5ccccc5)nc4c3F)c(C(N)=O)c2N)C1. The van der Waals surface area contributed by atoms with Crippen LogP contribution in [0.3, 0.4) is 0 Å². The highest BCUT2D eigenvalue weighted by Crippen LogP contribution is 2.43. The van der Waals surface area contributed by atoms with Crippen molar-refractivity contribution in [1.82, 2.24) is 14.8 Å². The fourth-order valence-electron chi connectivity index (χ4n) is 4.39. The average molecular weight is 431 g/mol. The van der Waals surface area contributed by atoms with E-state index < -0.39 is 17.3 Å². The lowest BCUT2D eigenvalue weighted by Gasteiger charge is -2.41. The number of hydrogen-bond acceptors (Lipinski definition) is 5. The van der Waals surface area contributed by atoms with E-state index in [1.54, 1.807) is 25.1 Å². The summed E-state index contributed by atoms with van der Waals surface area (Å²) in [6.45, 7) is 1.72. The number of benzene rings is 2. The lowest BCUT2D eigenvalue weighted by molar-refractivity contribution is -0.0535.